The number of carbonyl (C=O) groups excluding carboxylic acids is 1. The third-order valence-corrected chi connectivity index (χ3v) is 2.45. The maximum atomic E-state index is 11.5. The van der Waals surface area contributed by atoms with Crippen LogP contribution in [0, 0.1) is 0 Å². The van der Waals surface area contributed by atoms with E-state index in [0.29, 0.717) is 11.4 Å². The lowest BCUT2D eigenvalue weighted by Gasteiger charge is -2.13. The quantitative estimate of drug-likeness (QED) is 0.852. The first-order valence-electron chi connectivity index (χ1n) is 4.97. The number of ether oxygens (including phenoxy) is 2. The van der Waals surface area contributed by atoms with Gasteiger partial charge in [-0.1, -0.05) is 6.07 Å². The second kappa shape index (κ2) is 4.32. The van der Waals surface area contributed by atoms with Crippen molar-refractivity contribution in [1.29, 1.82) is 0 Å². The Hall–Kier alpha value is -2.24. The van der Waals surface area contributed by atoms with Gasteiger partial charge in [-0.05, 0) is 12.1 Å². The lowest BCUT2D eigenvalue weighted by Crippen LogP contribution is -2.27. The summed E-state index contributed by atoms with van der Waals surface area (Å²) < 4.78 is 9.74. The van der Waals surface area contributed by atoms with Crippen molar-refractivity contribution in [3.8, 4) is 5.75 Å². The molecule has 1 fully saturated rings. The number of benzene rings is 1. The zero-order valence-electron chi connectivity index (χ0n) is 9.12. The summed E-state index contributed by atoms with van der Waals surface area (Å²) in [5, 5.41) is 8.77. The zero-order valence-corrected chi connectivity index (χ0v) is 9.12. The highest BCUT2D eigenvalue weighted by Gasteiger charge is 2.36. The van der Waals surface area contributed by atoms with Crippen LogP contribution in [0.25, 0.3) is 0 Å². The van der Waals surface area contributed by atoms with Crippen molar-refractivity contribution in [3.63, 3.8) is 0 Å². The molecule has 17 heavy (non-hydrogen) atoms. The van der Waals surface area contributed by atoms with Crippen LogP contribution in [-0.4, -0.2) is 36.9 Å². The molecule has 0 unspecified atom stereocenters. The molecule has 0 spiro atoms. The summed E-state index contributed by atoms with van der Waals surface area (Å²) >= 11 is 0. The molecule has 1 aliphatic heterocycles. The second-order valence-electron chi connectivity index (χ2n) is 3.52. The van der Waals surface area contributed by atoms with Crippen LogP contribution in [0.4, 0.5) is 10.5 Å². The topological polar surface area (TPSA) is 76.1 Å². The van der Waals surface area contributed by atoms with E-state index in [1.165, 1.54) is 12.0 Å². The highest BCUT2D eigenvalue weighted by atomic mass is 16.6. The molecule has 1 aliphatic rings. The molecule has 0 aliphatic carbocycles. The summed E-state index contributed by atoms with van der Waals surface area (Å²) in [4.78, 5) is 23.5. The Morgan fingerprint density at radius 2 is 2.35 bits per heavy atom. The number of carbonyl (C=O) groups is 2. The molecule has 1 heterocycles. The Kier molecular flexibility index (Phi) is 2.86. The minimum Gasteiger partial charge on any atom is -0.497 e. The van der Waals surface area contributed by atoms with E-state index in [0.717, 1.165) is 0 Å². The largest absolute Gasteiger partial charge is 0.497 e. The van der Waals surface area contributed by atoms with Crippen molar-refractivity contribution in [2.75, 3.05) is 18.6 Å². The molecule has 0 radical (unpaired) electrons. The fourth-order valence-electron chi connectivity index (χ4n) is 1.58. The van der Waals surface area contributed by atoms with E-state index >= 15 is 0 Å². The number of hydrogen-bond donors (Lipinski definition) is 1. The molecule has 1 atom stereocenters. The predicted molar refractivity (Wildman–Crippen MR) is 58.2 cm³/mol. The van der Waals surface area contributed by atoms with E-state index in [1.54, 1.807) is 24.3 Å². The third kappa shape index (κ3) is 2.15. The average molecular weight is 237 g/mol. The minimum atomic E-state index is -1.15. The average Bonchev–Trinajstić information content (AvgIpc) is 2.72. The summed E-state index contributed by atoms with van der Waals surface area (Å²) in [6.45, 7) is 0.00132. The molecule has 1 N–H and O–H groups in total. The van der Waals surface area contributed by atoms with E-state index in [9.17, 15) is 9.59 Å². The monoisotopic (exact) mass is 237 g/mol. The van der Waals surface area contributed by atoms with Gasteiger partial charge in [-0.15, -0.1) is 0 Å². The first kappa shape index (κ1) is 11.3. The van der Waals surface area contributed by atoms with Gasteiger partial charge in [-0.25, -0.2) is 9.59 Å². The lowest BCUT2D eigenvalue weighted by molar-refractivity contribution is -0.144. The number of cyclic esters (lactones) is 1. The van der Waals surface area contributed by atoms with E-state index in [1.807, 2.05) is 0 Å². The van der Waals surface area contributed by atoms with Crippen LogP contribution in [0.5, 0.6) is 5.75 Å². The van der Waals surface area contributed by atoms with Crippen molar-refractivity contribution in [3.05, 3.63) is 24.3 Å². The Bertz CT molecular complexity index is 459. The van der Waals surface area contributed by atoms with Crippen molar-refractivity contribution >= 4 is 17.7 Å². The van der Waals surface area contributed by atoms with Crippen molar-refractivity contribution in [1.82, 2.24) is 0 Å². The van der Waals surface area contributed by atoms with Gasteiger partial charge in [0.05, 0.1) is 19.3 Å². The number of carboxylic acids is 1. The van der Waals surface area contributed by atoms with Gasteiger partial charge in [0, 0.05) is 6.07 Å². The van der Waals surface area contributed by atoms with Crippen LogP contribution in [-0.2, 0) is 9.53 Å². The summed E-state index contributed by atoms with van der Waals surface area (Å²) in [6, 6.07) is 6.79. The van der Waals surface area contributed by atoms with Gasteiger partial charge in [-0.2, -0.15) is 0 Å². The van der Waals surface area contributed by atoms with E-state index in [2.05, 4.69) is 0 Å². The number of aliphatic carboxylic acids is 1. The van der Waals surface area contributed by atoms with Gasteiger partial charge in [-0.3, -0.25) is 4.90 Å². The van der Waals surface area contributed by atoms with Crippen LogP contribution < -0.4 is 9.64 Å². The molecule has 0 aromatic heterocycles. The fourth-order valence-corrected chi connectivity index (χ4v) is 1.58. The molecule has 90 valence electrons. The molecule has 1 amide bonds. The highest BCUT2D eigenvalue weighted by molar-refractivity contribution is 5.94. The van der Waals surface area contributed by atoms with Gasteiger partial charge in [0.25, 0.3) is 0 Å². The zero-order chi connectivity index (χ0) is 12.4. The van der Waals surface area contributed by atoms with Crippen LogP contribution in [0.15, 0.2) is 24.3 Å². The highest BCUT2D eigenvalue weighted by Crippen LogP contribution is 2.25. The van der Waals surface area contributed by atoms with Gasteiger partial charge in [0.15, 0.2) is 0 Å². The molecule has 0 saturated carbocycles. The lowest BCUT2D eigenvalue weighted by atomic mass is 10.2. The number of nitrogens with zero attached hydrogens (tertiary/aromatic N) is 1. The maximum absolute atomic E-state index is 11.5. The molecular formula is C11H11NO5. The van der Waals surface area contributed by atoms with Gasteiger partial charge in [0.2, 0.25) is 6.10 Å². The van der Waals surface area contributed by atoms with Gasteiger partial charge < -0.3 is 14.6 Å². The van der Waals surface area contributed by atoms with Gasteiger partial charge >= 0.3 is 12.1 Å². The Labute approximate surface area is 97.4 Å². The maximum Gasteiger partial charge on any atom is 0.415 e. The van der Waals surface area contributed by atoms with E-state index < -0.39 is 18.2 Å². The summed E-state index contributed by atoms with van der Waals surface area (Å²) in [5.41, 5.74) is 0.554. The smallest absolute Gasteiger partial charge is 0.415 e. The van der Waals surface area contributed by atoms with Crippen LogP contribution in [0.2, 0.25) is 0 Å². The minimum absolute atomic E-state index is 0.00132. The molecule has 1 saturated heterocycles. The summed E-state index contributed by atoms with van der Waals surface area (Å²) in [5.74, 6) is -0.558. The molecule has 2 rings (SSSR count). The SMILES string of the molecule is COc1cccc(N2C[C@@H](C(=O)O)OC2=O)c1. The molecule has 0 bridgehead atoms. The normalized spacial score (nSPS) is 19.0. The Morgan fingerprint density at radius 1 is 1.59 bits per heavy atom. The molecule has 1 aromatic rings. The summed E-state index contributed by atoms with van der Waals surface area (Å²) in [6.07, 6.45) is -1.78. The summed E-state index contributed by atoms with van der Waals surface area (Å²) in [7, 11) is 1.52. The van der Waals surface area contributed by atoms with Crippen molar-refractivity contribution in [2.24, 2.45) is 0 Å². The first-order chi connectivity index (χ1) is 8.11. The van der Waals surface area contributed by atoms with Crippen LogP contribution >= 0.6 is 0 Å². The predicted octanol–water partition coefficient (Wildman–Crippen LogP) is 1.10. The van der Waals surface area contributed by atoms with Crippen molar-refractivity contribution < 1.29 is 24.2 Å². The standard InChI is InChI=1S/C11H11NO5/c1-16-8-4-2-3-7(5-8)12-6-9(10(13)14)17-11(12)15/h2-5,9H,6H2,1H3,(H,13,14)/t9-/m0/s1. The Balaban J connectivity index is 2.22. The van der Waals surface area contributed by atoms with E-state index in [-0.39, 0.29) is 6.54 Å². The number of rotatable bonds is 3. The number of methoxy groups -OCH3 is 1. The second-order valence-corrected chi connectivity index (χ2v) is 3.52. The number of hydrogen-bond acceptors (Lipinski definition) is 4. The Morgan fingerprint density at radius 3 is 2.94 bits per heavy atom. The van der Waals surface area contributed by atoms with Crippen molar-refractivity contribution in [2.45, 2.75) is 6.10 Å². The first-order valence-corrected chi connectivity index (χ1v) is 4.97. The van der Waals surface area contributed by atoms with E-state index in [4.69, 9.17) is 14.6 Å². The number of anilines is 1. The number of amides is 1. The third-order valence-electron chi connectivity index (χ3n) is 2.45. The van der Waals surface area contributed by atoms with Crippen LogP contribution in [0.1, 0.15) is 0 Å². The van der Waals surface area contributed by atoms with Gasteiger partial charge in [0.1, 0.15) is 5.75 Å². The van der Waals surface area contributed by atoms with Crippen LogP contribution in [0.3, 0.4) is 0 Å². The molecule has 6 nitrogen and oxygen atoms in total. The fraction of sp³-hybridized carbons (Fsp3) is 0.273. The number of carboxylic acid groups (broad SMARTS) is 1. The molecule has 6 heteroatoms. The molecule has 1 aromatic carbocycles. The molecular weight excluding hydrogens is 226 g/mol.